The van der Waals surface area contributed by atoms with Crippen LogP contribution in [-0.2, 0) is 11.2 Å². The second-order valence-electron chi connectivity index (χ2n) is 4.31. The number of piperidine rings is 1. The summed E-state index contributed by atoms with van der Waals surface area (Å²) >= 11 is 0. The van der Waals surface area contributed by atoms with Crippen molar-refractivity contribution >= 4 is 11.6 Å². The summed E-state index contributed by atoms with van der Waals surface area (Å²) in [6.45, 7) is 4.54. The van der Waals surface area contributed by atoms with Gasteiger partial charge in [0.1, 0.15) is 0 Å². The van der Waals surface area contributed by atoms with Crippen LogP contribution in [0.25, 0.3) is 0 Å². The molecule has 3 heteroatoms. The van der Waals surface area contributed by atoms with E-state index in [9.17, 15) is 4.79 Å². The van der Waals surface area contributed by atoms with E-state index in [2.05, 4.69) is 11.9 Å². The first-order valence-corrected chi connectivity index (χ1v) is 5.44. The fourth-order valence-corrected chi connectivity index (χ4v) is 1.97. The Kier molecular flexibility index (Phi) is 2.95. The summed E-state index contributed by atoms with van der Waals surface area (Å²) in [7, 11) is 0. The zero-order valence-corrected chi connectivity index (χ0v) is 9.20. The van der Waals surface area contributed by atoms with Crippen molar-refractivity contribution in [2.75, 3.05) is 12.3 Å². The SMILES string of the molecule is C=C1CNC(=O)C(Cc2ccc(N)cc2)C1. The summed E-state index contributed by atoms with van der Waals surface area (Å²) in [4.78, 5) is 11.6. The van der Waals surface area contributed by atoms with Gasteiger partial charge >= 0.3 is 0 Å². The highest BCUT2D eigenvalue weighted by molar-refractivity contribution is 5.80. The number of nitrogen functional groups attached to an aromatic ring is 1. The van der Waals surface area contributed by atoms with Crippen molar-refractivity contribution in [2.45, 2.75) is 12.8 Å². The average molecular weight is 216 g/mol. The highest BCUT2D eigenvalue weighted by Crippen LogP contribution is 2.20. The first-order valence-electron chi connectivity index (χ1n) is 5.44. The van der Waals surface area contributed by atoms with Crippen LogP contribution in [0, 0.1) is 5.92 Å². The molecule has 1 fully saturated rings. The second-order valence-corrected chi connectivity index (χ2v) is 4.31. The van der Waals surface area contributed by atoms with Gasteiger partial charge in [-0.3, -0.25) is 4.79 Å². The van der Waals surface area contributed by atoms with Crippen LogP contribution < -0.4 is 11.1 Å². The van der Waals surface area contributed by atoms with Gasteiger partial charge in [0.05, 0.1) is 0 Å². The third kappa shape index (κ3) is 2.42. The van der Waals surface area contributed by atoms with Crippen LogP contribution in [-0.4, -0.2) is 12.5 Å². The van der Waals surface area contributed by atoms with Crippen LogP contribution in [0.3, 0.4) is 0 Å². The molecule has 1 aliphatic heterocycles. The lowest BCUT2D eigenvalue weighted by Gasteiger charge is -2.23. The lowest BCUT2D eigenvalue weighted by molar-refractivity contribution is -0.125. The van der Waals surface area contributed by atoms with Gasteiger partial charge in [0.2, 0.25) is 5.91 Å². The topological polar surface area (TPSA) is 55.1 Å². The molecule has 0 spiro atoms. The van der Waals surface area contributed by atoms with E-state index in [1.165, 1.54) is 0 Å². The van der Waals surface area contributed by atoms with Gasteiger partial charge < -0.3 is 11.1 Å². The van der Waals surface area contributed by atoms with Crippen molar-refractivity contribution < 1.29 is 4.79 Å². The molecule has 0 aliphatic carbocycles. The summed E-state index contributed by atoms with van der Waals surface area (Å²) in [5.74, 6) is 0.147. The van der Waals surface area contributed by atoms with Crippen LogP contribution in [0.2, 0.25) is 0 Å². The number of nitrogens with one attached hydrogen (secondary N) is 1. The zero-order valence-electron chi connectivity index (χ0n) is 9.20. The Morgan fingerprint density at radius 2 is 2.06 bits per heavy atom. The van der Waals surface area contributed by atoms with Crippen LogP contribution >= 0.6 is 0 Å². The molecule has 2 rings (SSSR count). The van der Waals surface area contributed by atoms with Crippen molar-refractivity contribution in [3.63, 3.8) is 0 Å². The fourth-order valence-electron chi connectivity index (χ4n) is 1.97. The van der Waals surface area contributed by atoms with Crippen molar-refractivity contribution in [1.29, 1.82) is 0 Å². The first-order chi connectivity index (χ1) is 7.65. The average Bonchev–Trinajstić information content (AvgIpc) is 2.27. The highest BCUT2D eigenvalue weighted by atomic mass is 16.1. The minimum atomic E-state index is 0.0184. The van der Waals surface area contributed by atoms with Gasteiger partial charge in [-0.25, -0.2) is 0 Å². The van der Waals surface area contributed by atoms with Crippen molar-refractivity contribution in [3.8, 4) is 0 Å². The Labute approximate surface area is 95.3 Å². The van der Waals surface area contributed by atoms with Gasteiger partial charge in [-0.2, -0.15) is 0 Å². The van der Waals surface area contributed by atoms with E-state index in [-0.39, 0.29) is 11.8 Å². The molecule has 1 heterocycles. The number of carbonyl (C=O) groups excluding carboxylic acids is 1. The second kappa shape index (κ2) is 4.39. The van der Waals surface area contributed by atoms with Crippen LogP contribution in [0.1, 0.15) is 12.0 Å². The Bertz CT molecular complexity index is 408. The number of hydrogen-bond acceptors (Lipinski definition) is 2. The molecule has 1 aliphatic rings. The quantitative estimate of drug-likeness (QED) is 0.581. The third-order valence-corrected chi connectivity index (χ3v) is 2.88. The number of rotatable bonds is 2. The van der Waals surface area contributed by atoms with Gasteiger partial charge in [0.25, 0.3) is 0 Å². The summed E-state index contributed by atoms with van der Waals surface area (Å²) in [6.07, 6.45) is 1.54. The molecule has 1 saturated heterocycles. The van der Waals surface area contributed by atoms with Gasteiger partial charge in [0.15, 0.2) is 0 Å². The Morgan fingerprint density at radius 1 is 1.38 bits per heavy atom. The maximum Gasteiger partial charge on any atom is 0.224 e. The van der Waals surface area contributed by atoms with Gasteiger partial charge in [-0.1, -0.05) is 24.3 Å². The van der Waals surface area contributed by atoms with Gasteiger partial charge in [-0.05, 0) is 30.5 Å². The van der Waals surface area contributed by atoms with E-state index in [4.69, 9.17) is 5.73 Å². The molecular formula is C13H16N2O. The summed E-state index contributed by atoms with van der Waals surface area (Å²) < 4.78 is 0. The van der Waals surface area contributed by atoms with Crippen LogP contribution in [0.5, 0.6) is 0 Å². The normalized spacial score (nSPS) is 20.6. The molecule has 1 unspecified atom stereocenters. The van der Waals surface area contributed by atoms with Gasteiger partial charge in [-0.15, -0.1) is 0 Å². The molecule has 0 aromatic heterocycles. The summed E-state index contributed by atoms with van der Waals surface area (Å²) in [5, 5.41) is 2.85. The van der Waals surface area contributed by atoms with E-state index in [1.54, 1.807) is 0 Å². The van der Waals surface area contributed by atoms with E-state index in [0.29, 0.717) is 6.54 Å². The summed E-state index contributed by atoms with van der Waals surface area (Å²) in [5.41, 5.74) is 8.61. The molecule has 1 aromatic rings. The predicted octanol–water partition coefficient (Wildman–Crippen LogP) is 1.50. The molecule has 1 aromatic carbocycles. The fraction of sp³-hybridized carbons (Fsp3) is 0.308. The molecule has 1 amide bonds. The number of carbonyl (C=O) groups is 1. The lowest BCUT2D eigenvalue weighted by atomic mass is 9.89. The Hall–Kier alpha value is -1.77. The number of amides is 1. The van der Waals surface area contributed by atoms with Crippen LogP contribution in [0.15, 0.2) is 36.4 Å². The number of nitrogens with two attached hydrogens (primary N) is 1. The molecule has 3 N–H and O–H groups in total. The molecule has 0 saturated carbocycles. The number of anilines is 1. The molecule has 1 atom stereocenters. The maximum atomic E-state index is 11.6. The minimum Gasteiger partial charge on any atom is -0.399 e. The van der Waals surface area contributed by atoms with E-state index in [1.807, 2.05) is 24.3 Å². The molecule has 0 bridgehead atoms. The van der Waals surface area contributed by atoms with Gasteiger partial charge in [0, 0.05) is 18.2 Å². The maximum absolute atomic E-state index is 11.6. The zero-order chi connectivity index (χ0) is 11.5. The summed E-state index contributed by atoms with van der Waals surface area (Å²) in [6, 6.07) is 7.68. The Balaban J connectivity index is 2.05. The predicted molar refractivity (Wildman–Crippen MR) is 64.8 cm³/mol. The molecular weight excluding hydrogens is 200 g/mol. The van der Waals surface area contributed by atoms with Crippen LogP contribution in [0.4, 0.5) is 5.69 Å². The molecule has 3 nitrogen and oxygen atoms in total. The highest BCUT2D eigenvalue weighted by Gasteiger charge is 2.23. The van der Waals surface area contributed by atoms with Crippen molar-refractivity contribution in [1.82, 2.24) is 5.32 Å². The van der Waals surface area contributed by atoms with Crippen molar-refractivity contribution in [2.24, 2.45) is 5.92 Å². The third-order valence-electron chi connectivity index (χ3n) is 2.88. The largest absolute Gasteiger partial charge is 0.399 e. The molecule has 16 heavy (non-hydrogen) atoms. The van der Waals surface area contributed by atoms with E-state index >= 15 is 0 Å². The van der Waals surface area contributed by atoms with Crippen molar-refractivity contribution in [3.05, 3.63) is 42.0 Å². The lowest BCUT2D eigenvalue weighted by Crippen LogP contribution is -2.38. The molecule has 0 radical (unpaired) electrons. The molecule has 84 valence electrons. The van der Waals surface area contributed by atoms with E-state index < -0.39 is 0 Å². The van der Waals surface area contributed by atoms with E-state index in [0.717, 1.165) is 29.7 Å². The first kappa shape index (κ1) is 10.7. The smallest absolute Gasteiger partial charge is 0.224 e. The number of hydrogen-bond donors (Lipinski definition) is 2. The number of benzene rings is 1. The standard InChI is InChI=1S/C13H16N2O/c1-9-6-11(13(16)15-8-9)7-10-2-4-12(14)5-3-10/h2-5,11H,1,6-8,14H2,(H,15,16). The monoisotopic (exact) mass is 216 g/mol. The minimum absolute atomic E-state index is 0.0184. The Morgan fingerprint density at radius 3 is 2.75 bits per heavy atom.